The summed E-state index contributed by atoms with van der Waals surface area (Å²) in [5.41, 5.74) is 0.834. The molecule has 14 heavy (non-hydrogen) atoms. The van der Waals surface area contributed by atoms with Crippen molar-refractivity contribution in [3.63, 3.8) is 0 Å². The van der Waals surface area contributed by atoms with Gasteiger partial charge in [-0.25, -0.2) is 0 Å². The smallest absolute Gasteiger partial charge is 0.170 e. The largest absolute Gasteiger partial charge is 0.458 e. The van der Waals surface area contributed by atoms with E-state index in [4.69, 9.17) is 4.12 Å². The Labute approximate surface area is 93.3 Å². The Morgan fingerprint density at radius 3 is 1.36 bits per heavy atom. The molecule has 0 atom stereocenters. The van der Waals surface area contributed by atoms with Crippen LogP contribution < -0.4 is 0 Å². The van der Waals surface area contributed by atoms with Gasteiger partial charge in [0.25, 0.3) is 0 Å². The fraction of sp³-hybridized carbons (Fsp3) is 1.00. The van der Waals surface area contributed by atoms with E-state index < -0.39 is 23.7 Å². The molecule has 0 N–H and O–H groups in total. The van der Waals surface area contributed by atoms with Gasteiger partial charge in [0, 0.05) is 0 Å². The van der Waals surface area contributed by atoms with E-state index in [-0.39, 0.29) is 0 Å². The second kappa shape index (κ2) is 4.23. The maximum Gasteiger partial charge on any atom is 0.170 e. The minimum absolute atomic E-state index is 0.834. The van der Waals surface area contributed by atoms with Gasteiger partial charge in [-0.05, 0) is 32.7 Å². The van der Waals surface area contributed by atoms with Crippen LogP contribution in [0.1, 0.15) is 13.8 Å². The van der Waals surface area contributed by atoms with Crippen LogP contribution in [-0.2, 0) is 4.12 Å². The first-order valence-corrected chi connectivity index (χ1v) is 16.0. The molecule has 1 nitrogen and oxygen atoms in total. The Balaban J connectivity index is 4.78. The van der Waals surface area contributed by atoms with Crippen LogP contribution in [0.3, 0.4) is 0 Å². The molecular weight excluding hydrogens is 220 g/mol. The van der Waals surface area contributed by atoms with Crippen molar-refractivity contribution < 1.29 is 4.12 Å². The van der Waals surface area contributed by atoms with E-state index in [1.807, 2.05) is 0 Å². The lowest BCUT2D eigenvalue weighted by Crippen LogP contribution is -2.62. The number of rotatable bonds is 4. The molecule has 0 radical (unpaired) electrons. The summed E-state index contributed by atoms with van der Waals surface area (Å²) >= 11 is 0. The fourth-order valence-electron chi connectivity index (χ4n) is 1.59. The Bertz CT molecular complexity index is 192. The molecule has 0 fully saturated rings. The molecule has 0 bridgehead atoms. The van der Waals surface area contributed by atoms with Crippen LogP contribution >= 0.6 is 0 Å². The molecule has 0 spiro atoms. The molecule has 0 saturated heterocycles. The lowest BCUT2D eigenvalue weighted by Gasteiger charge is -2.44. The van der Waals surface area contributed by atoms with Gasteiger partial charge in [-0.3, -0.25) is 0 Å². The highest BCUT2D eigenvalue weighted by molar-refractivity contribution is 7.39. The van der Waals surface area contributed by atoms with Gasteiger partial charge < -0.3 is 4.12 Å². The van der Waals surface area contributed by atoms with Crippen molar-refractivity contribution in [1.82, 2.24) is 0 Å². The summed E-state index contributed by atoms with van der Waals surface area (Å²) in [6, 6.07) is 0. The molecular formula is C10H28OSi3. The Morgan fingerprint density at radius 1 is 0.786 bits per heavy atom. The molecule has 86 valence electrons. The molecule has 0 aliphatic rings. The number of hydrogen-bond acceptors (Lipinski definition) is 1. The molecule has 0 saturated carbocycles. The topological polar surface area (TPSA) is 9.23 Å². The Hall–Kier alpha value is 0.611. The van der Waals surface area contributed by atoms with E-state index in [9.17, 15) is 0 Å². The lowest BCUT2D eigenvalue weighted by molar-refractivity contribution is 0.568. The summed E-state index contributed by atoms with van der Waals surface area (Å²) < 4.78 is 6.49. The van der Waals surface area contributed by atoms with Crippen molar-refractivity contribution in [3.05, 3.63) is 0 Å². The first-order chi connectivity index (χ1) is 5.90. The highest BCUT2D eigenvalue weighted by atomic mass is 29.3. The molecule has 0 aromatic carbocycles. The minimum atomic E-state index is -1.43. The summed E-state index contributed by atoms with van der Waals surface area (Å²) in [7, 11) is -3.95. The zero-order chi connectivity index (χ0) is 11.8. The highest BCUT2D eigenvalue weighted by Gasteiger charge is 2.46. The third-order valence-corrected chi connectivity index (χ3v) is 26.0. The lowest BCUT2D eigenvalue weighted by atomic mass is 10.6. The van der Waals surface area contributed by atoms with Gasteiger partial charge in [-0.2, -0.15) is 0 Å². The van der Waals surface area contributed by atoms with Gasteiger partial charge in [-0.1, -0.05) is 32.5 Å². The monoisotopic (exact) mass is 248 g/mol. The molecule has 0 aliphatic carbocycles. The van der Waals surface area contributed by atoms with Crippen molar-refractivity contribution in [2.45, 2.75) is 65.2 Å². The van der Waals surface area contributed by atoms with Crippen molar-refractivity contribution in [2.24, 2.45) is 0 Å². The molecule has 0 rings (SSSR count). The third kappa shape index (κ3) is 3.64. The van der Waals surface area contributed by atoms with E-state index >= 15 is 0 Å². The maximum absolute atomic E-state index is 6.49. The molecule has 4 heteroatoms. The quantitative estimate of drug-likeness (QED) is 0.676. The molecule has 0 aromatic rings. The Kier molecular flexibility index (Phi) is 4.42. The zero-order valence-corrected chi connectivity index (χ0v) is 14.5. The second-order valence-electron chi connectivity index (χ2n) is 6.60. The first kappa shape index (κ1) is 14.6. The summed E-state index contributed by atoms with van der Waals surface area (Å²) in [6.45, 7) is 21.5. The summed E-state index contributed by atoms with van der Waals surface area (Å²) in [5, 5.41) is 0. The van der Waals surface area contributed by atoms with E-state index in [1.54, 1.807) is 0 Å². The SMILES string of the molecule is CC(C)[Si](C)(C)[Si](C)(C)O[Si](C)(C)C. The maximum atomic E-state index is 6.49. The second-order valence-corrected chi connectivity index (χ2v) is 26.7. The fourth-order valence-corrected chi connectivity index (χ4v) is 19.5. The zero-order valence-electron chi connectivity index (χ0n) is 11.5. The van der Waals surface area contributed by atoms with Crippen LogP contribution in [0.5, 0.6) is 0 Å². The van der Waals surface area contributed by atoms with Crippen molar-refractivity contribution in [3.8, 4) is 0 Å². The standard InChI is InChI=1S/C10H28OSi3/c1-10(2)13(6,7)14(8,9)11-12(3,4)5/h10H,1-9H3. The molecule has 0 aromatic heterocycles. The van der Waals surface area contributed by atoms with Gasteiger partial charge in [0.1, 0.15) is 0 Å². The summed E-state index contributed by atoms with van der Waals surface area (Å²) in [5.74, 6) is 0. The van der Waals surface area contributed by atoms with E-state index in [0.717, 1.165) is 5.54 Å². The number of hydrogen-bond donors (Lipinski definition) is 0. The van der Waals surface area contributed by atoms with Crippen LogP contribution in [0.25, 0.3) is 0 Å². The van der Waals surface area contributed by atoms with Crippen LogP contribution in [0.4, 0.5) is 0 Å². The van der Waals surface area contributed by atoms with E-state index in [0.29, 0.717) is 0 Å². The predicted molar refractivity (Wildman–Crippen MR) is 74.5 cm³/mol. The highest BCUT2D eigenvalue weighted by Crippen LogP contribution is 2.32. The van der Waals surface area contributed by atoms with Crippen molar-refractivity contribution in [2.75, 3.05) is 0 Å². The average molecular weight is 249 g/mol. The Morgan fingerprint density at radius 2 is 1.14 bits per heavy atom. The van der Waals surface area contributed by atoms with Crippen molar-refractivity contribution >= 4 is 23.7 Å². The van der Waals surface area contributed by atoms with Gasteiger partial charge in [-0.15, -0.1) is 0 Å². The summed E-state index contributed by atoms with van der Waals surface area (Å²) in [6.07, 6.45) is 0. The summed E-state index contributed by atoms with van der Waals surface area (Å²) in [4.78, 5) is 0. The van der Waals surface area contributed by atoms with E-state index in [1.165, 1.54) is 0 Å². The van der Waals surface area contributed by atoms with E-state index in [2.05, 4.69) is 59.7 Å². The van der Waals surface area contributed by atoms with Gasteiger partial charge in [0.15, 0.2) is 16.2 Å². The molecule has 0 aliphatic heterocycles. The minimum Gasteiger partial charge on any atom is -0.458 e. The van der Waals surface area contributed by atoms with Crippen LogP contribution in [0.15, 0.2) is 0 Å². The van der Waals surface area contributed by atoms with Crippen LogP contribution in [-0.4, -0.2) is 23.7 Å². The van der Waals surface area contributed by atoms with Gasteiger partial charge >= 0.3 is 0 Å². The molecule has 0 heterocycles. The van der Waals surface area contributed by atoms with Crippen molar-refractivity contribution in [1.29, 1.82) is 0 Å². The molecule has 0 unspecified atom stereocenters. The molecule has 0 amide bonds. The van der Waals surface area contributed by atoms with Crippen LogP contribution in [0.2, 0.25) is 51.4 Å². The van der Waals surface area contributed by atoms with Gasteiger partial charge in [0.05, 0.1) is 7.59 Å². The third-order valence-electron chi connectivity index (χ3n) is 3.56. The predicted octanol–water partition coefficient (Wildman–Crippen LogP) is 4.24. The average Bonchev–Trinajstić information content (AvgIpc) is 1.80. The van der Waals surface area contributed by atoms with Gasteiger partial charge in [0.2, 0.25) is 0 Å². The van der Waals surface area contributed by atoms with Crippen LogP contribution in [0, 0.1) is 0 Å². The first-order valence-electron chi connectivity index (χ1n) is 5.60. The normalized spacial score (nSPS) is 15.0.